The monoisotopic (exact) mass is 198 g/mol. The Morgan fingerprint density at radius 2 is 2.38 bits per heavy atom. The van der Waals surface area contributed by atoms with E-state index in [1.807, 2.05) is 0 Å². The van der Waals surface area contributed by atoms with E-state index in [9.17, 15) is 4.79 Å². The lowest BCUT2D eigenvalue weighted by Crippen LogP contribution is -2.57. The molecule has 1 amide bonds. The number of hydrogen-bond donors (Lipinski definition) is 1. The van der Waals surface area contributed by atoms with Crippen molar-refractivity contribution < 1.29 is 4.79 Å². The molecule has 0 aromatic carbocycles. The summed E-state index contributed by atoms with van der Waals surface area (Å²) in [6.07, 6.45) is 0. The van der Waals surface area contributed by atoms with Crippen molar-refractivity contribution in [3.63, 3.8) is 0 Å². The van der Waals surface area contributed by atoms with Crippen molar-refractivity contribution in [3.8, 4) is 0 Å². The van der Waals surface area contributed by atoms with Gasteiger partial charge in [0, 0.05) is 19.1 Å². The predicted molar refractivity (Wildman–Crippen MR) is 48.5 cm³/mol. The van der Waals surface area contributed by atoms with E-state index in [1.165, 1.54) is 0 Å². The molecule has 1 aliphatic rings. The van der Waals surface area contributed by atoms with Crippen molar-refractivity contribution in [3.05, 3.63) is 10.6 Å². The van der Waals surface area contributed by atoms with Gasteiger partial charge in [-0.2, -0.15) is 0 Å². The van der Waals surface area contributed by atoms with Crippen LogP contribution in [0.25, 0.3) is 0 Å². The highest BCUT2D eigenvalue weighted by molar-refractivity contribution is 7.07. The number of aromatic nitrogens is 2. The van der Waals surface area contributed by atoms with Crippen LogP contribution in [0.4, 0.5) is 0 Å². The fourth-order valence-corrected chi connectivity index (χ4v) is 1.87. The number of amides is 1. The van der Waals surface area contributed by atoms with E-state index in [4.69, 9.17) is 5.73 Å². The van der Waals surface area contributed by atoms with Crippen LogP contribution in [-0.2, 0) is 0 Å². The summed E-state index contributed by atoms with van der Waals surface area (Å²) < 4.78 is 3.72. The van der Waals surface area contributed by atoms with Crippen molar-refractivity contribution in [2.75, 3.05) is 13.1 Å². The molecule has 1 saturated heterocycles. The topological polar surface area (TPSA) is 72.1 Å². The maximum absolute atomic E-state index is 11.7. The van der Waals surface area contributed by atoms with Crippen LogP contribution >= 0.6 is 11.5 Å². The van der Waals surface area contributed by atoms with Crippen molar-refractivity contribution in [2.24, 2.45) is 5.73 Å². The molecular weight excluding hydrogens is 188 g/mol. The minimum absolute atomic E-state index is 0.00852. The lowest BCUT2D eigenvalue weighted by atomic mass is 10.1. The molecule has 0 radical (unpaired) electrons. The molecule has 1 aliphatic heterocycles. The van der Waals surface area contributed by atoms with Gasteiger partial charge >= 0.3 is 0 Å². The summed E-state index contributed by atoms with van der Waals surface area (Å²) in [5, 5.41) is 3.79. The van der Waals surface area contributed by atoms with Gasteiger partial charge in [0.05, 0.1) is 5.69 Å². The number of nitrogens with two attached hydrogens (primary N) is 1. The zero-order chi connectivity index (χ0) is 9.42. The highest BCUT2D eigenvalue weighted by Crippen LogP contribution is 2.16. The second-order valence-corrected chi connectivity index (χ2v) is 3.91. The second kappa shape index (κ2) is 3.04. The fourth-order valence-electron chi connectivity index (χ4n) is 1.25. The molecule has 2 heterocycles. The van der Waals surface area contributed by atoms with Crippen LogP contribution in [0.1, 0.15) is 15.4 Å². The molecule has 2 rings (SSSR count). The molecular formula is C7H10N4OS. The zero-order valence-corrected chi connectivity index (χ0v) is 8.04. The summed E-state index contributed by atoms with van der Waals surface area (Å²) in [6, 6.07) is 0.144. The van der Waals surface area contributed by atoms with E-state index in [0.717, 1.165) is 11.5 Å². The minimum Gasteiger partial charge on any atom is -0.335 e. The van der Waals surface area contributed by atoms with Crippen LogP contribution < -0.4 is 5.73 Å². The van der Waals surface area contributed by atoms with Gasteiger partial charge in [-0.1, -0.05) is 4.49 Å². The number of likely N-dealkylation sites (tertiary alicyclic amines) is 1. The fraction of sp³-hybridized carbons (Fsp3) is 0.571. The largest absolute Gasteiger partial charge is 0.335 e. The second-order valence-electron chi connectivity index (χ2n) is 3.16. The number of carbonyl (C=O) groups excluding carboxylic acids is 1. The van der Waals surface area contributed by atoms with Gasteiger partial charge in [-0.05, 0) is 18.5 Å². The molecule has 1 fully saturated rings. The summed E-state index contributed by atoms with van der Waals surface area (Å²) in [5.41, 5.74) is 6.28. The molecule has 0 aliphatic carbocycles. The third kappa shape index (κ3) is 1.42. The first-order valence-corrected chi connectivity index (χ1v) is 4.79. The Bertz CT molecular complexity index is 331. The van der Waals surface area contributed by atoms with Gasteiger partial charge in [-0.3, -0.25) is 4.79 Å². The van der Waals surface area contributed by atoms with Crippen LogP contribution in [0.5, 0.6) is 0 Å². The Balaban J connectivity index is 2.10. The van der Waals surface area contributed by atoms with Crippen LogP contribution in [0, 0.1) is 6.92 Å². The Morgan fingerprint density at radius 3 is 2.85 bits per heavy atom. The quantitative estimate of drug-likeness (QED) is 0.668. The first-order chi connectivity index (χ1) is 6.18. The van der Waals surface area contributed by atoms with E-state index in [2.05, 4.69) is 9.59 Å². The Kier molecular flexibility index (Phi) is 2.01. The Hall–Kier alpha value is -1.01. The number of aryl methyl sites for hydroxylation is 1. The summed E-state index contributed by atoms with van der Waals surface area (Å²) in [6.45, 7) is 3.09. The molecule has 13 heavy (non-hydrogen) atoms. The SMILES string of the molecule is Cc1nnsc1C(=O)N1CC(N)C1. The first kappa shape index (κ1) is 8.58. The summed E-state index contributed by atoms with van der Waals surface area (Å²) in [4.78, 5) is 14.0. The highest BCUT2D eigenvalue weighted by atomic mass is 32.1. The van der Waals surface area contributed by atoms with E-state index in [-0.39, 0.29) is 11.9 Å². The molecule has 1 aromatic rings. The number of carbonyl (C=O) groups is 1. The van der Waals surface area contributed by atoms with Crippen molar-refractivity contribution in [1.29, 1.82) is 0 Å². The van der Waals surface area contributed by atoms with Crippen LogP contribution in [-0.4, -0.2) is 39.5 Å². The van der Waals surface area contributed by atoms with Gasteiger partial charge in [-0.25, -0.2) is 0 Å². The molecule has 0 spiro atoms. The third-order valence-corrected chi connectivity index (χ3v) is 2.86. The number of hydrogen-bond acceptors (Lipinski definition) is 5. The summed E-state index contributed by atoms with van der Waals surface area (Å²) in [7, 11) is 0. The minimum atomic E-state index is 0.00852. The molecule has 6 heteroatoms. The maximum atomic E-state index is 11.7. The van der Waals surface area contributed by atoms with Crippen LogP contribution in [0.2, 0.25) is 0 Å². The predicted octanol–water partition coefficient (Wildman–Crippen LogP) is -0.370. The van der Waals surface area contributed by atoms with E-state index in [0.29, 0.717) is 23.7 Å². The van der Waals surface area contributed by atoms with E-state index in [1.54, 1.807) is 11.8 Å². The van der Waals surface area contributed by atoms with Gasteiger partial charge in [-0.15, -0.1) is 5.10 Å². The molecule has 70 valence electrons. The molecule has 0 saturated carbocycles. The lowest BCUT2D eigenvalue weighted by Gasteiger charge is -2.36. The molecule has 0 unspecified atom stereocenters. The average molecular weight is 198 g/mol. The Morgan fingerprint density at radius 1 is 1.69 bits per heavy atom. The lowest BCUT2D eigenvalue weighted by molar-refractivity contribution is 0.0612. The zero-order valence-electron chi connectivity index (χ0n) is 7.23. The van der Waals surface area contributed by atoms with Gasteiger partial charge < -0.3 is 10.6 Å². The molecule has 2 N–H and O–H groups in total. The smallest absolute Gasteiger partial charge is 0.267 e. The van der Waals surface area contributed by atoms with Crippen molar-refractivity contribution in [1.82, 2.24) is 14.5 Å². The van der Waals surface area contributed by atoms with E-state index < -0.39 is 0 Å². The van der Waals surface area contributed by atoms with Crippen LogP contribution in [0.15, 0.2) is 0 Å². The standard InChI is InChI=1S/C7H10N4OS/c1-4-6(13-10-9-4)7(12)11-2-5(8)3-11/h5H,2-3,8H2,1H3. The molecule has 0 bridgehead atoms. The van der Waals surface area contributed by atoms with Crippen molar-refractivity contribution >= 4 is 17.4 Å². The van der Waals surface area contributed by atoms with Gasteiger partial charge in [0.2, 0.25) is 0 Å². The number of nitrogens with zero attached hydrogens (tertiary/aromatic N) is 3. The molecule has 0 atom stereocenters. The van der Waals surface area contributed by atoms with Gasteiger partial charge in [0.25, 0.3) is 5.91 Å². The third-order valence-electron chi connectivity index (χ3n) is 2.04. The summed E-state index contributed by atoms with van der Waals surface area (Å²) in [5.74, 6) is 0.00852. The van der Waals surface area contributed by atoms with Gasteiger partial charge in [0.15, 0.2) is 0 Å². The van der Waals surface area contributed by atoms with Gasteiger partial charge in [0.1, 0.15) is 4.88 Å². The summed E-state index contributed by atoms with van der Waals surface area (Å²) >= 11 is 1.14. The normalized spacial score (nSPS) is 17.2. The van der Waals surface area contributed by atoms with Crippen molar-refractivity contribution in [2.45, 2.75) is 13.0 Å². The highest BCUT2D eigenvalue weighted by Gasteiger charge is 2.30. The first-order valence-electron chi connectivity index (χ1n) is 4.02. The average Bonchev–Trinajstić information content (AvgIpc) is 2.44. The molecule has 5 nitrogen and oxygen atoms in total. The Labute approximate surface area is 79.7 Å². The number of rotatable bonds is 1. The maximum Gasteiger partial charge on any atom is 0.267 e. The van der Waals surface area contributed by atoms with E-state index >= 15 is 0 Å². The van der Waals surface area contributed by atoms with Crippen LogP contribution in [0.3, 0.4) is 0 Å². The molecule has 1 aromatic heterocycles.